The number of aliphatic carboxylic acids is 1. The van der Waals surface area contributed by atoms with Gasteiger partial charge in [0.05, 0.1) is 69.6 Å². The number of likely N-dealkylation sites (N-methyl/N-ethyl adjacent to an activating group) is 2. The van der Waals surface area contributed by atoms with E-state index in [1.54, 1.807) is 101 Å². The molecule has 0 aromatic heterocycles. The molecule has 0 radical (unpaired) electrons. The normalized spacial score (nSPS) is 18.7. The standard InChI is InChI=1S/C76H109N11O18S/c1-13-47(6)68(85(10)64(93)41-81-71(98)67(46(4)5)84(8)9)57(103-12)36-62(91)87-42-55(35-59(87)76(28-29-76)48(7)69(96)79-39-56(88)52-21-20-51-34-54(102-11)25-22-50(51)33-52)105-74(101)78-31-30-77-73(100)104-43-49-18-23-53(24-19-49)82-61(90)40-80-70(97)66(45(2)3)83-60(89)17-15-14-16-32-86-63(92)37-58(72(86)99)106-44-75(26-27-75)38-65(94)95/h18-25,33-34,45-48,55,57-59,66-68H,13-17,26-32,35-44H2,1-12H3,(H,77,100)(H,78,101)(H,79,96)(H,80,97)(H,81,98)(H,82,90)(H,83,89)(H,94,95)/t47-,48-,55-,57+,58?,59-,66-,67-,68?/m0/s1. The van der Waals surface area contributed by atoms with Crippen molar-refractivity contribution < 1.29 is 86.4 Å². The SMILES string of the molecule is CC[C@H](C)C([C@@H](CC(=O)N1C[C@@H](OC(=O)NCCNC(=O)OCc2ccc(NC(=O)CNC(=O)[C@@H](NC(=O)CCCCCN3C(=O)CC(SCC4(CC(=O)O)CC4)C3=O)C(C)C)cc2)C[C@H]1C1([C@@H](C)C(=O)NCC(=O)c2ccc3cc(OC)ccc3c2)CC1)OC)N(C)C(=O)CNC(=O)[C@H](C(C)C)N(C)C. The predicted octanol–water partition coefficient (Wildman–Crippen LogP) is 6.04. The summed E-state index contributed by atoms with van der Waals surface area (Å²) >= 11 is 1.36. The number of amides is 11. The van der Waals surface area contributed by atoms with E-state index in [0.717, 1.165) is 23.6 Å². The summed E-state index contributed by atoms with van der Waals surface area (Å²) < 4.78 is 22.8. The lowest BCUT2D eigenvalue weighted by Crippen LogP contribution is -2.55. The third kappa shape index (κ3) is 23.5. The van der Waals surface area contributed by atoms with Gasteiger partial charge in [0.1, 0.15) is 24.5 Å². The van der Waals surface area contributed by atoms with Crippen LogP contribution in [-0.2, 0) is 68.8 Å². The number of thioether (sulfide) groups is 1. The molecule has 2 aliphatic carbocycles. The second kappa shape index (κ2) is 39.1. The van der Waals surface area contributed by atoms with E-state index in [4.69, 9.17) is 18.9 Å². The summed E-state index contributed by atoms with van der Waals surface area (Å²) in [5.41, 5.74) is 0.332. The van der Waals surface area contributed by atoms with Crippen molar-refractivity contribution in [2.75, 3.05) is 92.2 Å². The fraction of sp³-hybridized carbons (Fsp3) is 0.618. The lowest BCUT2D eigenvalue weighted by molar-refractivity contribution is -0.144. The molecule has 11 amide bonds. The molecule has 3 aromatic rings. The number of hydrogen-bond donors (Lipinski definition) is 8. The topological polar surface area (TPSA) is 376 Å². The van der Waals surface area contributed by atoms with Crippen LogP contribution in [-0.4, -0.2) is 230 Å². The number of Topliss-reactive ketones (excluding diaryl/α,β-unsaturated/α-hetero) is 1. The molecule has 2 heterocycles. The van der Waals surface area contributed by atoms with E-state index in [0.29, 0.717) is 66.8 Å². The van der Waals surface area contributed by atoms with Gasteiger partial charge in [-0.2, -0.15) is 0 Å². The minimum atomic E-state index is -0.929. The van der Waals surface area contributed by atoms with E-state index < -0.39 is 89.5 Å². The third-order valence-corrected chi connectivity index (χ3v) is 22.5. The van der Waals surface area contributed by atoms with E-state index in [-0.39, 0.29) is 148 Å². The summed E-state index contributed by atoms with van der Waals surface area (Å²) in [7, 11) is 8.28. The molecule has 106 heavy (non-hydrogen) atoms. The Bertz CT molecular complexity index is 3630. The number of imide groups is 1. The van der Waals surface area contributed by atoms with Gasteiger partial charge in [0.25, 0.3) is 0 Å². The number of carbonyl (C=O) groups excluding carboxylic acids is 12. The van der Waals surface area contributed by atoms with Crippen LogP contribution in [0, 0.1) is 34.5 Å². The van der Waals surface area contributed by atoms with Crippen LogP contribution in [0.2, 0.25) is 0 Å². The average molecular weight is 1500 g/mol. The van der Waals surface area contributed by atoms with Gasteiger partial charge in [-0.05, 0) is 122 Å². The Hall–Kier alpha value is -8.90. The van der Waals surface area contributed by atoms with Crippen LogP contribution in [0.15, 0.2) is 60.7 Å². The van der Waals surface area contributed by atoms with Gasteiger partial charge >= 0.3 is 18.2 Å². The number of likely N-dealkylation sites (tertiary alicyclic amines) is 2. The quantitative estimate of drug-likeness (QED) is 0.0182. The first-order chi connectivity index (χ1) is 50.3. The minimum absolute atomic E-state index is 0.0226. The van der Waals surface area contributed by atoms with Crippen LogP contribution in [0.25, 0.3) is 10.8 Å². The molecule has 2 saturated heterocycles. The summed E-state index contributed by atoms with van der Waals surface area (Å²) in [5, 5.41) is 29.3. The number of methoxy groups -OCH3 is 2. The maximum absolute atomic E-state index is 15.0. The van der Waals surface area contributed by atoms with Crippen LogP contribution in [0.4, 0.5) is 15.3 Å². The summed E-state index contributed by atoms with van der Waals surface area (Å²) in [6, 6.07) is 14.6. The van der Waals surface area contributed by atoms with Crippen molar-refractivity contribution in [2.24, 2.45) is 34.5 Å². The largest absolute Gasteiger partial charge is 0.497 e. The van der Waals surface area contributed by atoms with E-state index in [2.05, 4.69) is 37.2 Å². The molecule has 0 bridgehead atoms. The molecule has 2 saturated carbocycles. The number of rotatable bonds is 42. The monoisotopic (exact) mass is 1500 g/mol. The highest BCUT2D eigenvalue weighted by molar-refractivity contribution is 8.00. The molecular formula is C76H109N11O18S. The molecule has 30 heteroatoms. The van der Waals surface area contributed by atoms with Gasteiger partial charge in [-0.1, -0.05) is 91.6 Å². The van der Waals surface area contributed by atoms with Gasteiger partial charge in [-0.25, -0.2) is 9.59 Å². The van der Waals surface area contributed by atoms with Crippen molar-refractivity contribution in [1.82, 2.24) is 51.5 Å². The highest BCUT2D eigenvalue weighted by Crippen LogP contribution is 2.59. The fourth-order valence-electron chi connectivity index (χ4n) is 14.2. The second-order valence-electron chi connectivity index (χ2n) is 29.5. The Balaban J connectivity index is 0.851. The maximum atomic E-state index is 15.0. The number of carboxylic acids is 1. The molecule has 9 atom stereocenters. The highest BCUT2D eigenvalue weighted by Gasteiger charge is 2.61. The predicted molar refractivity (Wildman–Crippen MR) is 397 cm³/mol. The Labute approximate surface area is 624 Å². The molecule has 2 unspecified atom stereocenters. The van der Waals surface area contributed by atoms with Crippen LogP contribution in [0.3, 0.4) is 0 Å². The van der Waals surface area contributed by atoms with Crippen molar-refractivity contribution in [3.63, 3.8) is 0 Å². The van der Waals surface area contributed by atoms with Gasteiger partial charge in [0.2, 0.25) is 53.2 Å². The van der Waals surface area contributed by atoms with Crippen LogP contribution < -0.4 is 42.0 Å². The van der Waals surface area contributed by atoms with E-state index in [1.165, 1.54) is 28.7 Å². The molecule has 582 valence electrons. The summed E-state index contributed by atoms with van der Waals surface area (Å²) in [6.07, 6.45) is 1.80. The highest BCUT2D eigenvalue weighted by atomic mass is 32.2. The number of anilines is 1. The fourth-order valence-corrected chi connectivity index (χ4v) is 15.7. The smallest absolute Gasteiger partial charge is 0.407 e. The van der Waals surface area contributed by atoms with Crippen LogP contribution in [0.5, 0.6) is 5.75 Å². The molecule has 29 nitrogen and oxygen atoms in total. The van der Waals surface area contributed by atoms with Gasteiger partial charge in [0.15, 0.2) is 5.78 Å². The lowest BCUT2D eigenvalue weighted by Gasteiger charge is -2.39. The van der Waals surface area contributed by atoms with Crippen LogP contribution >= 0.6 is 11.8 Å². The molecule has 0 spiro atoms. The third-order valence-electron chi connectivity index (χ3n) is 20.9. The Morgan fingerprint density at radius 2 is 1.39 bits per heavy atom. The number of unbranched alkanes of at least 4 members (excludes halogenated alkanes) is 2. The molecule has 3 aromatic carbocycles. The zero-order valence-corrected chi connectivity index (χ0v) is 64.1. The maximum Gasteiger partial charge on any atom is 0.407 e. The van der Waals surface area contributed by atoms with Crippen molar-refractivity contribution in [2.45, 2.75) is 180 Å². The number of carboxylic acid groups (broad SMARTS) is 1. The number of alkyl carbamates (subject to hydrolysis) is 2. The Kier molecular flexibility index (Phi) is 31.1. The number of carbonyl (C=O) groups is 13. The van der Waals surface area contributed by atoms with Crippen molar-refractivity contribution in [3.05, 3.63) is 71.8 Å². The Morgan fingerprint density at radius 1 is 0.726 bits per heavy atom. The molecule has 8 N–H and O–H groups in total. The van der Waals surface area contributed by atoms with E-state index >= 15 is 0 Å². The van der Waals surface area contributed by atoms with Crippen LogP contribution in [0.1, 0.15) is 148 Å². The number of nitrogens with zero attached hydrogens (tertiary/aromatic N) is 4. The van der Waals surface area contributed by atoms with Gasteiger partial charge in [-0.15, -0.1) is 11.8 Å². The number of ether oxygens (including phenoxy) is 4. The first-order valence-corrected chi connectivity index (χ1v) is 37.8. The van der Waals surface area contributed by atoms with Gasteiger partial charge < -0.3 is 71.1 Å². The molecular weight excluding hydrogens is 1390 g/mol. The average Bonchev–Trinajstić information content (AvgIpc) is 1.57. The number of nitrogens with one attached hydrogen (secondary N) is 7. The number of ketones is 1. The molecule has 2 aliphatic heterocycles. The zero-order valence-electron chi connectivity index (χ0n) is 63.3. The van der Waals surface area contributed by atoms with E-state index in [1.807, 2.05) is 45.9 Å². The lowest BCUT2D eigenvalue weighted by atomic mass is 9.81. The van der Waals surface area contributed by atoms with Crippen molar-refractivity contribution in [1.29, 1.82) is 0 Å². The Morgan fingerprint density at radius 3 is 2.01 bits per heavy atom. The summed E-state index contributed by atoms with van der Waals surface area (Å²) in [6.45, 7) is 12.0. The zero-order chi connectivity index (χ0) is 77.7. The number of fused-ring (bicyclic) bond motifs is 1. The van der Waals surface area contributed by atoms with E-state index in [9.17, 15) is 67.4 Å². The molecule has 7 rings (SSSR count). The number of benzene rings is 3. The van der Waals surface area contributed by atoms with Gasteiger partial charge in [-0.3, -0.25) is 62.5 Å². The molecule has 4 aliphatic rings. The summed E-state index contributed by atoms with van der Waals surface area (Å²) in [4.78, 5) is 178. The van der Waals surface area contributed by atoms with Crippen molar-refractivity contribution in [3.8, 4) is 5.75 Å². The summed E-state index contributed by atoms with van der Waals surface area (Å²) in [5.74, 6) is -4.54. The first-order valence-electron chi connectivity index (χ1n) is 36.7. The second-order valence-corrected chi connectivity index (χ2v) is 30.7. The number of hydrogen-bond acceptors (Lipinski definition) is 19. The molecule has 4 fully saturated rings. The van der Waals surface area contributed by atoms with Gasteiger partial charge in [0, 0.05) is 87.4 Å². The van der Waals surface area contributed by atoms with Crippen molar-refractivity contribution >= 4 is 105 Å². The minimum Gasteiger partial charge on any atom is -0.497 e. The first kappa shape index (κ1) is 84.4.